The van der Waals surface area contributed by atoms with Crippen molar-refractivity contribution in [3.05, 3.63) is 29.5 Å². The van der Waals surface area contributed by atoms with Gasteiger partial charge >= 0.3 is 0 Å². The minimum Gasteiger partial charge on any atom is -0.336 e. The number of hydrogen-bond donors (Lipinski definition) is 2. The lowest BCUT2D eigenvalue weighted by atomic mass is 9.91. The lowest BCUT2D eigenvalue weighted by Crippen LogP contribution is -2.47. The predicted molar refractivity (Wildman–Crippen MR) is 87.3 cm³/mol. The number of aromatic amines is 1. The summed E-state index contributed by atoms with van der Waals surface area (Å²) in [6.07, 6.45) is 3.39. The van der Waals surface area contributed by atoms with Crippen molar-refractivity contribution in [3.63, 3.8) is 0 Å². The van der Waals surface area contributed by atoms with Crippen LogP contribution in [0.3, 0.4) is 0 Å². The van der Waals surface area contributed by atoms with Crippen molar-refractivity contribution >= 4 is 16.8 Å². The highest BCUT2D eigenvalue weighted by molar-refractivity contribution is 5.86. The molecule has 118 valence electrons. The van der Waals surface area contributed by atoms with E-state index in [1.165, 1.54) is 11.1 Å². The first-order valence-electron chi connectivity index (χ1n) is 7.83. The van der Waals surface area contributed by atoms with Crippen LogP contribution in [0.15, 0.2) is 18.3 Å². The van der Waals surface area contributed by atoms with Crippen LogP contribution in [0.4, 0.5) is 0 Å². The number of aromatic nitrogens is 2. The second-order valence-corrected chi connectivity index (χ2v) is 7.43. The summed E-state index contributed by atoms with van der Waals surface area (Å²) in [7, 11) is 0. The molecule has 2 aromatic rings. The summed E-state index contributed by atoms with van der Waals surface area (Å²) < 4.78 is 0. The van der Waals surface area contributed by atoms with Gasteiger partial charge < -0.3 is 10.6 Å². The monoisotopic (exact) mass is 300 g/mol. The van der Waals surface area contributed by atoms with Crippen LogP contribution in [0.1, 0.15) is 38.3 Å². The topological polar surface area (TPSA) is 75.0 Å². The minimum atomic E-state index is -0.407. The number of nitrogens with two attached hydrogens (primary N) is 1. The Morgan fingerprint density at radius 2 is 2.18 bits per heavy atom. The number of fused-ring (bicyclic) bond motifs is 3. The van der Waals surface area contributed by atoms with E-state index in [0.29, 0.717) is 19.5 Å². The highest BCUT2D eigenvalue weighted by atomic mass is 16.2. The number of benzene rings is 1. The van der Waals surface area contributed by atoms with Gasteiger partial charge in [-0.2, -0.15) is 5.10 Å². The summed E-state index contributed by atoms with van der Waals surface area (Å²) in [6, 6.07) is 3.79. The molecule has 0 saturated carbocycles. The number of hydrogen-bond acceptors (Lipinski definition) is 3. The molecular weight excluding hydrogens is 276 g/mol. The molecule has 1 amide bonds. The fourth-order valence-electron chi connectivity index (χ4n) is 3.19. The molecule has 1 aliphatic rings. The quantitative estimate of drug-likeness (QED) is 0.848. The van der Waals surface area contributed by atoms with Gasteiger partial charge in [-0.3, -0.25) is 9.89 Å². The van der Waals surface area contributed by atoms with Gasteiger partial charge in [0.1, 0.15) is 0 Å². The largest absolute Gasteiger partial charge is 0.336 e. The highest BCUT2D eigenvalue weighted by Gasteiger charge is 2.28. The summed E-state index contributed by atoms with van der Waals surface area (Å²) in [6.45, 7) is 7.74. The van der Waals surface area contributed by atoms with E-state index in [1.807, 2.05) is 11.1 Å². The molecule has 0 radical (unpaired) electrons. The van der Waals surface area contributed by atoms with Gasteiger partial charge in [0.15, 0.2) is 0 Å². The average Bonchev–Trinajstić information content (AvgIpc) is 2.90. The number of aryl methyl sites for hydroxylation is 1. The lowest BCUT2D eigenvalue weighted by molar-refractivity contribution is -0.134. The molecule has 0 bridgehead atoms. The SMILES string of the molecule is CC(C)(C)CN1Cc2c(ccc3[nH]ncc23)CC[C@@H](N)C1=O. The summed E-state index contributed by atoms with van der Waals surface area (Å²) >= 11 is 0. The molecule has 5 heteroatoms. The van der Waals surface area contributed by atoms with Gasteiger partial charge in [-0.15, -0.1) is 0 Å². The number of carbonyl (C=O) groups excluding carboxylic acids is 1. The third kappa shape index (κ3) is 2.86. The Kier molecular flexibility index (Phi) is 3.68. The maximum atomic E-state index is 12.6. The van der Waals surface area contributed by atoms with Crippen LogP contribution in [-0.2, 0) is 17.8 Å². The molecule has 1 atom stereocenters. The Morgan fingerprint density at radius 1 is 1.41 bits per heavy atom. The number of carbonyl (C=O) groups is 1. The molecule has 0 unspecified atom stereocenters. The number of nitrogens with zero attached hydrogens (tertiary/aromatic N) is 2. The van der Waals surface area contributed by atoms with E-state index >= 15 is 0 Å². The van der Waals surface area contributed by atoms with Crippen molar-refractivity contribution < 1.29 is 4.79 Å². The van der Waals surface area contributed by atoms with Gasteiger partial charge in [-0.25, -0.2) is 0 Å². The first-order chi connectivity index (χ1) is 10.3. The fraction of sp³-hybridized carbons (Fsp3) is 0.529. The normalized spacial score (nSPS) is 19.9. The van der Waals surface area contributed by atoms with Crippen LogP contribution in [0, 0.1) is 5.41 Å². The number of amides is 1. The standard InChI is InChI=1S/C17H24N4O/c1-17(2,3)10-21-9-13-11(4-6-14(18)16(21)22)5-7-15-12(13)8-19-20-15/h5,7-8,14H,4,6,9-10,18H2,1-3H3,(H,19,20)/t14-/m1/s1. The molecule has 0 fully saturated rings. The Morgan fingerprint density at radius 3 is 2.91 bits per heavy atom. The third-order valence-electron chi connectivity index (χ3n) is 4.20. The summed E-state index contributed by atoms with van der Waals surface area (Å²) in [5, 5.41) is 8.27. The summed E-state index contributed by atoms with van der Waals surface area (Å²) in [4.78, 5) is 14.5. The third-order valence-corrected chi connectivity index (χ3v) is 4.20. The van der Waals surface area contributed by atoms with Gasteiger partial charge in [-0.05, 0) is 35.4 Å². The number of nitrogens with one attached hydrogen (secondary N) is 1. The maximum absolute atomic E-state index is 12.6. The molecule has 0 spiro atoms. The smallest absolute Gasteiger partial charge is 0.239 e. The predicted octanol–water partition coefficient (Wildman–Crippen LogP) is 2.21. The van der Waals surface area contributed by atoms with Crippen LogP contribution < -0.4 is 5.73 Å². The zero-order valence-electron chi connectivity index (χ0n) is 13.5. The van der Waals surface area contributed by atoms with Crippen molar-refractivity contribution in [1.82, 2.24) is 15.1 Å². The van der Waals surface area contributed by atoms with Crippen LogP contribution in [0.2, 0.25) is 0 Å². The number of rotatable bonds is 1. The first-order valence-corrected chi connectivity index (χ1v) is 7.83. The van der Waals surface area contributed by atoms with Gasteiger partial charge in [0, 0.05) is 18.5 Å². The zero-order valence-corrected chi connectivity index (χ0v) is 13.5. The molecule has 0 saturated heterocycles. The highest BCUT2D eigenvalue weighted by Crippen LogP contribution is 2.28. The van der Waals surface area contributed by atoms with Crippen LogP contribution in [0.25, 0.3) is 10.9 Å². The second kappa shape index (κ2) is 5.39. The molecular formula is C17H24N4O. The maximum Gasteiger partial charge on any atom is 0.239 e. The molecule has 1 aromatic carbocycles. The zero-order chi connectivity index (χ0) is 15.9. The van der Waals surface area contributed by atoms with Crippen LogP contribution in [-0.4, -0.2) is 33.6 Å². The Hall–Kier alpha value is -1.88. The van der Waals surface area contributed by atoms with E-state index in [2.05, 4.69) is 43.1 Å². The average molecular weight is 300 g/mol. The molecule has 3 rings (SSSR count). The fourth-order valence-corrected chi connectivity index (χ4v) is 3.19. The van der Waals surface area contributed by atoms with E-state index < -0.39 is 6.04 Å². The van der Waals surface area contributed by atoms with Gasteiger partial charge in [0.05, 0.1) is 17.8 Å². The Balaban J connectivity index is 2.05. The molecule has 3 N–H and O–H groups in total. The second-order valence-electron chi connectivity index (χ2n) is 7.43. The van der Waals surface area contributed by atoms with E-state index in [0.717, 1.165) is 17.3 Å². The van der Waals surface area contributed by atoms with Gasteiger partial charge in [-0.1, -0.05) is 26.8 Å². The molecule has 1 aromatic heterocycles. The Bertz CT molecular complexity index is 698. The van der Waals surface area contributed by atoms with E-state index in [-0.39, 0.29) is 11.3 Å². The minimum absolute atomic E-state index is 0.0407. The van der Waals surface area contributed by atoms with Crippen LogP contribution >= 0.6 is 0 Å². The lowest BCUT2D eigenvalue weighted by Gasteiger charge is -2.34. The van der Waals surface area contributed by atoms with E-state index in [1.54, 1.807) is 0 Å². The van der Waals surface area contributed by atoms with Crippen molar-refractivity contribution in [2.75, 3.05) is 6.54 Å². The molecule has 22 heavy (non-hydrogen) atoms. The van der Waals surface area contributed by atoms with Crippen molar-refractivity contribution in [2.24, 2.45) is 11.1 Å². The van der Waals surface area contributed by atoms with E-state index in [9.17, 15) is 4.79 Å². The van der Waals surface area contributed by atoms with E-state index in [4.69, 9.17) is 5.73 Å². The molecule has 2 heterocycles. The summed E-state index contributed by atoms with van der Waals surface area (Å²) in [5.74, 6) is 0.0565. The molecule has 1 aliphatic heterocycles. The van der Waals surface area contributed by atoms with Gasteiger partial charge in [0.2, 0.25) is 5.91 Å². The van der Waals surface area contributed by atoms with Crippen molar-refractivity contribution in [3.8, 4) is 0 Å². The van der Waals surface area contributed by atoms with Gasteiger partial charge in [0.25, 0.3) is 0 Å². The molecule has 5 nitrogen and oxygen atoms in total. The summed E-state index contributed by atoms with van der Waals surface area (Å²) in [5.41, 5.74) is 9.64. The molecule has 0 aliphatic carbocycles. The van der Waals surface area contributed by atoms with Crippen molar-refractivity contribution in [1.29, 1.82) is 0 Å². The number of H-pyrrole nitrogens is 1. The van der Waals surface area contributed by atoms with Crippen LogP contribution in [0.5, 0.6) is 0 Å². The Labute approximate surface area is 130 Å². The first kappa shape index (κ1) is 15.0. The van der Waals surface area contributed by atoms with Crippen molar-refractivity contribution in [2.45, 2.75) is 46.2 Å².